The molecule has 0 fully saturated rings. The Labute approximate surface area is 145 Å². The number of carbonyl (C=O) groups excluding carboxylic acids is 2. The van der Waals surface area contributed by atoms with E-state index in [0.717, 1.165) is 5.75 Å². The van der Waals surface area contributed by atoms with Crippen LogP contribution in [0.15, 0.2) is 54.6 Å². The molecule has 5 nitrogen and oxygen atoms in total. The van der Waals surface area contributed by atoms with Crippen molar-refractivity contribution in [2.75, 3.05) is 11.9 Å². The fraction of sp³-hybridized carbons (Fsp3) is 0.263. The Morgan fingerprint density at radius 1 is 1.08 bits per heavy atom. The molecule has 1 atom stereocenters. The molecule has 1 amide bonds. The van der Waals surface area contributed by atoms with Gasteiger partial charge in [-0.25, -0.2) is 4.39 Å². The van der Waals surface area contributed by atoms with E-state index in [1.165, 1.54) is 31.2 Å². The topological polar surface area (TPSA) is 64.6 Å². The maximum absolute atomic E-state index is 12.8. The summed E-state index contributed by atoms with van der Waals surface area (Å²) in [5, 5.41) is 2.56. The average molecular weight is 345 g/mol. The second-order valence-electron chi connectivity index (χ2n) is 5.39. The van der Waals surface area contributed by atoms with Gasteiger partial charge in [-0.15, -0.1) is 0 Å². The van der Waals surface area contributed by atoms with Crippen LogP contribution in [0.1, 0.15) is 19.8 Å². The fourth-order valence-electron chi connectivity index (χ4n) is 2.01. The highest BCUT2D eigenvalue weighted by Gasteiger charge is 2.17. The number of amides is 1. The molecule has 0 spiro atoms. The molecule has 2 aromatic carbocycles. The van der Waals surface area contributed by atoms with Crippen LogP contribution in [0.25, 0.3) is 0 Å². The summed E-state index contributed by atoms with van der Waals surface area (Å²) in [6, 6.07) is 14.6. The quantitative estimate of drug-likeness (QED) is 0.587. The molecule has 0 aliphatic heterocycles. The van der Waals surface area contributed by atoms with Crippen LogP contribution in [0.5, 0.6) is 5.75 Å². The second-order valence-corrected chi connectivity index (χ2v) is 5.39. The largest absolute Gasteiger partial charge is 0.494 e. The van der Waals surface area contributed by atoms with Crippen LogP contribution in [0.3, 0.4) is 0 Å². The molecule has 0 aliphatic rings. The minimum atomic E-state index is -0.937. The Morgan fingerprint density at radius 3 is 2.44 bits per heavy atom. The van der Waals surface area contributed by atoms with Crippen molar-refractivity contribution in [2.24, 2.45) is 0 Å². The average Bonchev–Trinajstić information content (AvgIpc) is 2.61. The van der Waals surface area contributed by atoms with Gasteiger partial charge in [0.2, 0.25) is 0 Å². The minimum Gasteiger partial charge on any atom is -0.494 e. The Kier molecular flexibility index (Phi) is 6.95. The van der Waals surface area contributed by atoms with E-state index in [9.17, 15) is 14.0 Å². The third-order valence-corrected chi connectivity index (χ3v) is 3.33. The maximum atomic E-state index is 12.8. The maximum Gasteiger partial charge on any atom is 0.306 e. The first-order valence-corrected chi connectivity index (χ1v) is 7.98. The van der Waals surface area contributed by atoms with Crippen molar-refractivity contribution in [3.05, 3.63) is 60.4 Å². The molecular formula is C19H20FNO4. The molecule has 0 unspecified atom stereocenters. The first kappa shape index (κ1) is 18.4. The molecule has 0 aromatic heterocycles. The second kappa shape index (κ2) is 9.42. The van der Waals surface area contributed by atoms with Gasteiger partial charge in [-0.2, -0.15) is 0 Å². The first-order chi connectivity index (χ1) is 12.0. The highest BCUT2D eigenvalue weighted by atomic mass is 19.1. The van der Waals surface area contributed by atoms with Crippen LogP contribution >= 0.6 is 0 Å². The predicted molar refractivity (Wildman–Crippen MR) is 91.8 cm³/mol. The number of benzene rings is 2. The predicted octanol–water partition coefficient (Wildman–Crippen LogP) is 3.56. The van der Waals surface area contributed by atoms with Gasteiger partial charge >= 0.3 is 5.97 Å². The molecular weight excluding hydrogens is 325 g/mol. The Hall–Kier alpha value is -2.89. The van der Waals surface area contributed by atoms with Gasteiger partial charge in [-0.3, -0.25) is 9.59 Å². The molecule has 0 aliphatic carbocycles. The van der Waals surface area contributed by atoms with Crippen molar-refractivity contribution in [2.45, 2.75) is 25.9 Å². The lowest BCUT2D eigenvalue weighted by molar-refractivity contribution is -0.153. The standard InChI is InChI=1S/C19H20FNO4/c1-14(19(23)21-16-11-9-15(20)10-12-16)25-18(22)8-5-13-24-17-6-3-2-4-7-17/h2-4,6-7,9-12,14H,5,8,13H2,1H3,(H,21,23)/t14-/m1/s1. The lowest BCUT2D eigenvalue weighted by atomic mass is 10.3. The molecule has 1 N–H and O–H groups in total. The van der Waals surface area contributed by atoms with E-state index < -0.39 is 23.8 Å². The summed E-state index contributed by atoms with van der Waals surface area (Å²) in [5.74, 6) is -0.600. The molecule has 0 heterocycles. The molecule has 132 valence electrons. The van der Waals surface area contributed by atoms with E-state index >= 15 is 0 Å². The van der Waals surface area contributed by atoms with Crippen molar-refractivity contribution in [1.82, 2.24) is 0 Å². The van der Waals surface area contributed by atoms with Gasteiger partial charge < -0.3 is 14.8 Å². The molecule has 25 heavy (non-hydrogen) atoms. The highest BCUT2D eigenvalue weighted by molar-refractivity contribution is 5.95. The lowest BCUT2D eigenvalue weighted by Gasteiger charge is -2.13. The van der Waals surface area contributed by atoms with Gasteiger partial charge in [0.15, 0.2) is 6.10 Å². The zero-order valence-corrected chi connectivity index (χ0v) is 13.9. The van der Waals surface area contributed by atoms with Crippen LogP contribution in [0, 0.1) is 5.82 Å². The van der Waals surface area contributed by atoms with E-state index in [0.29, 0.717) is 18.7 Å². The van der Waals surface area contributed by atoms with E-state index in [-0.39, 0.29) is 6.42 Å². The zero-order valence-electron chi connectivity index (χ0n) is 13.9. The van der Waals surface area contributed by atoms with Crippen molar-refractivity contribution in [1.29, 1.82) is 0 Å². The SMILES string of the molecule is C[C@@H](OC(=O)CCCOc1ccccc1)C(=O)Nc1ccc(F)cc1. The first-order valence-electron chi connectivity index (χ1n) is 7.98. The number of rotatable bonds is 8. The summed E-state index contributed by atoms with van der Waals surface area (Å²) in [6.45, 7) is 1.87. The summed E-state index contributed by atoms with van der Waals surface area (Å²) < 4.78 is 23.4. The van der Waals surface area contributed by atoms with E-state index in [4.69, 9.17) is 9.47 Å². The number of hydrogen-bond donors (Lipinski definition) is 1. The minimum absolute atomic E-state index is 0.154. The number of carbonyl (C=O) groups is 2. The van der Waals surface area contributed by atoms with Crippen LogP contribution in [-0.2, 0) is 14.3 Å². The summed E-state index contributed by atoms with van der Waals surface area (Å²) in [4.78, 5) is 23.7. The Bertz CT molecular complexity index is 688. The van der Waals surface area contributed by atoms with Gasteiger partial charge in [0.05, 0.1) is 6.61 Å². The summed E-state index contributed by atoms with van der Waals surface area (Å²) in [5.41, 5.74) is 0.436. The zero-order chi connectivity index (χ0) is 18.1. The van der Waals surface area contributed by atoms with Gasteiger partial charge in [0.25, 0.3) is 5.91 Å². The smallest absolute Gasteiger partial charge is 0.306 e. The van der Waals surface area contributed by atoms with Gasteiger partial charge in [-0.1, -0.05) is 18.2 Å². The number of hydrogen-bond acceptors (Lipinski definition) is 4. The van der Waals surface area contributed by atoms with Crippen molar-refractivity contribution in [3.63, 3.8) is 0 Å². The van der Waals surface area contributed by atoms with Gasteiger partial charge in [0.1, 0.15) is 11.6 Å². The number of ether oxygens (including phenoxy) is 2. The highest BCUT2D eigenvalue weighted by Crippen LogP contribution is 2.11. The third-order valence-electron chi connectivity index (χ3n) is 3.33. The third kappa shape index (κ3) is 6.63. The van der Waals surface area contributed by atoms with Crippen molar-refractivity contribution >= 4 is 17.6 Å². The Balaban J connectivity index is 1.66. The fourth-order valence-corrected chi connectivity index (χ4v) is 2.01. The van der Waals surface area contributed by atoms with E-state index in [1.807, 2.05) is 30.3 Å². The summed E-state index contributed by atoms with van der Waals surface area (Å²) in [7, 11) is 0. The van der Waals surface area contributed by atoms with Crippen molar-refractivity contribution in [3.8, 4) is 5.75 Å². The van der Waals surface area contributed by atoms with Gasteiger partial charge in [-0.05, 0) is 49.7 Å². The normalized spacial score (nSPS) is 11.4. The molecule has 0 radical (unpaired) electrons. The molecule has 6 heteroatoms. The summed E-state index contributed by atoms with van der Waals surface area (Å²) in [6.07, 6.45) is -0.298. The number of nitrogens with one attached hydrogen (secondary N) is 1. The van der Waals surface area contributed by atoms with Gasteiger partial charge in [0, 0.05) is 12.1 Å². The molecule has 0 bridgehead atoms. The summed E-state index contributed by atoms with van der Waals surface area (Å²) >= 11 is 0. The molecule has 0 saturated heterocycles. The van der Waals surface area contributed by atoms with E-state index in [2.05, 4.69) is 5.32 Å². The lowest BCUT2D eigenvalue weighted by Crippen LogP contribution is -2.30. The molecule has 0 saturated carbocycles. The molecule has 2 aromatic rings. The number of halogens is 1. The monoisotopic (exact) mass is 345 g/mol. The Morgan fingerprint density at radius 2 is 1.76 bits per heavy atom. The van der Waals surface area contributed by atoms with E-state index in [1.54, 1.807) is 0 Å². The number of anilines is 1. The van der Waals surface area contributed by atoms with Crippen LogP contribution in [0.2, 0.25) is 0 Å². The van der Waals surface area contributed by atoms with Crippen LogP contribution in [-0.4, -0.2) is 24.6 Å². The van der Waals surface area contributed by atoms with Crippen LogP contribution < -0.4 is 10.1 Å². The number of esters is 1. The van der Waals surface area contributed by atoms with Crippen LogP contribution in [0.4, 0.5) is 10.1 Å². The number of para-hydroxylation sites is 1. The molecule has 2 rings (SSSR count). The van der Waals surface area contributed by atoms with Crippen molar-refractivity contribution < 1.29 is 23.5 Å².